The molecule has 0 saturated heterocycles. The second kappa shape index (κ2) is 6.72. The quantitative estimate of drug-likeness (QED) is 0.622. The van der Waals surface area contributed by atoms with Crippen LogP contribution >= 0.6 is 0 Å². The minimum atomic E-state index is -0.129. The molecule has 0 N–H and O–H groups in total. The van der Waals surface area contributed by atoms with Gasteiger partial charge in [0.25, 0.3) is 0 Å². The average Bonchev–Trinajstić information content (AvgIpc) is 2.67. The second-order valence-corrected chi connectivity index (χ2v) is 6.70. The van der Waals surface area contributed by atoms with Crippen LogP contribution in [0.1, 0.15) is 29.5 Å². The highest BCUT2D eigenvalue weighted by atomic mass is 16.5. The van der Waals surface area contributed by atoms with Crippen molar-refractivity contribution in [1.82, 2.24) is 0 Å². The Hall–Kier alpha value is -2.61. The molecule has 4 rings (SSSR count). The Morgan fingerprint density at radius 3 is 2.52 bits per heavy atom. The van der Waals surface area contributed by atoms with Gasteiger partial charge in [-0.05, 0) is 64.3 Å². The number of methoxy groups -OCH3 is 1. The molecule has 0 unspecified atom stereocenters. The molecule has 0 heterocycles. The van der Waals surface area contributed by atoms with Crippen molar-refractivity contribution in [1.29, 1.82) is 0 Å². The van der Waals surface area contributed by atoms with Crippen molar-refractivity contribution in [2.45, 2.75) is 32.1 Å². The van der Waals surface area contributed by atoms with Crippen LogP contribution in [-0.2, 0) is 28.8 Å². The fraction of sp³-hybridized carbons (Fsp3) is 0.261. The average molecular weight is 330 g/mol. The fourth-order valence-electron chi connectivity index (χ4n) is 4.01. The Morgan fingerprint density at radius 2 is 1.68 bits per heavy atom. The monoisotopic (exact) mass is 330 g/mol. The van der Waals surface area contributed by atoms with Gasteiger partial charge < -0.3 is 4.74 Å². The predicted octanol–water partition coefficient (Wildman–Crippen LogP) is 5.10. The zero-order valence-electron chi connectivity index (χ0n) is 14.5. The summed E-state index contributed by atoms with van der Waals surface area (Å²) in [6.45, 7) is 0. The van der Waals surface area contributed by atoms with Crippen molar-refractivity contribution < 1.29 is 9.53 Å². The summed E-state index contributed by atoms with van der Waals surface area (Å²) in [6.07, 6.45) is 4.39. The molecule has 0 aromatic heterocycles. The van der Waals surface area contributed by atoms with E-state index in [4.69, 9.17) is 4.74 Å². The van der Waals surface area contributed by atoms with Crippen molar-refractivity contribution >= 4 is 16.7 Å². The number of hydrogen-bond acceptors (Lipinski definition) is 2. The number of carbonyl (C=O) groups is 1. The van der Waals surface area contributed by atoms with E-state index in [0.29, 0.717) is 6.42 Å². The Bertz CT molecular complexity index is 940. The molecule has 1 aliphatic carbocycles. The number of ether oxygens (including phenoxy) is 1. The number of esters is 1. The van der Waals surface area contributed by atoms with Gasteiger partial charge in [0.1, 0.15) is 0 Å². The molecule has 2 heteroatoms. The molecule has 2 nitrogen and oxygen atoms in total. The third kappa shape index (κ3) is 2.93. The van der Waals surface area contributed by atoms with Gasteiger partial charge in [0.05, 0.1) is 7.11 Å². The third-order valence-corrected chi connectivity index (χ3v) is 5.22. The van der Waals surface area contributed by atoms with Crippen LogP contribution in [0.3, 0.4) is 0 Å². The summed E-state index contributed by atoms with van der Waals surface area (Å²) in [5.74, 6) is -0.129. The van der Waals surface area contributed by atoms with Crippen LogP contribution < -0.4 is 0 Å². The van der Waals surface area contributed by atoms with Gasteiger partial charge in [0.2, 0.25) is 0 Å². The summed E-state index contributed by atoms with van der Waals surface area (Å²) in [5.41, 5.74) is 7.00. The van der Waals surface area contributed by atoms with E-state index >= 15 is 0 Å². The lowest BCUT2D eigenvalue weighted by molar-refractivity contribution is -0.140. The van der Waals surface area contributed by atoms with Crippen LogP contribution in [0.2, 0.25) is 0 Å². The van der Waals surface area contributed by atoms with Crippen LogP contribution in [0.25, 0.3) is 21.9 Å². The molecule has 25 heavy (non-hydrogen) atoms. The number of carbonyl (C=O) groups excluding carboxylic acids is 1. The molecule has 0 atom stereocenters. The van der Waals surface area contributed by atoms with Crippen LogP contribution in [0, 0.1) is 0 Å². The molecule has 1 aliphatic rings. The number of hydrogen-bond donors (Lipinski definition) is 0. The van der Waals surface area contributed by atoms with Crippen molar-refractivity contribution in [3.63, 3.8) is 0 Å². The van der Waals surface area contributed by atoms with E-state index in [-0.39, 0.29) is 5.97 Å². The van der Waals surface area contributed by atoms with Gasteiger partial charge in [-0.25, -0.2) is 0 Å². The molecule has 0 radical (unpaired) electrons. The molecule has 126 valence electrons. The fourth-order valence-corrected chi connectivity index (χ4v) is 4.01. The SMILES string of the molecule is COC(=O)CCCc1cc2c(c3ccccc13)-c1ccccc1CC2. The largest absolute Gasteiger partial charge is 0.469 e. The standard InChI is InChI=1S/C23H22O2/c1-25-22(24)12-6-8-17-15-18-14-13-16-7-2-3-10-20(16)23(18)21-11-5-4-9-19(17)21/h2-5,7,9-11,15H,6,8,12-14H2,1H3. The lowest BCUT2D eigenvalue weighted by Crippen LogP contribution is -2.06. The molecular weight excluding hydrogens is 308 g/mol. The minimum Gasteiger partial charge on any atom is -0.469 e. The summed E-state index contributed by atoms with van der Waals surface area (Å²) in [6, 6.07) is 19.8. The third-order valence-electron chi connectivity index (χ3n) is 5.22. The molecule has 3 aromatic rings. The summed E-state index contributed by atoms with van der Waals surface area (Å²) < 4.78 is 4.77. The topological polar surface area (TPSA) is 26.3 Å². The van der Waals surface area contributed by atoms with Gasteiger partial charge in [0, 0.05) is 6.42 Å². The summed E-state index contributed by atoms with van der Waals surface area (Å²) in [7, 11) is 1.45. The highest BCUT2D eigenvalue weighted by molar-refractivity contribution is 6.01. The Morgan fingerprint density at radius 1 is 0.960 bits per heavy atom. The number of fused-ring (bicyclic) bond motifs is 5. The lowest BCUT2D eigenvalue weighted by Gasteiger charge is -2.23. The zero-order chi connectivity index (χ0) is 17.2. The molecule has 0 saturated carbocycles. The van der Waals surface area contributed by atoms with Gasteiger partial charge >= 0.3 is 5.97 Å². The summed E-state index contributed by atoms with van der Waals surface area (Å²) in [4.78, 5) is 11.4. The first kappa shape index (κ1) is 15.9. The Kier molecular flexibility index (Phi) is 4.27. The van der Waals surface area contributed by atoms with E-state index in [1.807, 2.05) is 0 Å². The van der Waals surface area contributed by atoms with Gasteiger partial charge in [-0.1, -0.05) is 54.6 Å². The number of benzene rings is 3. The van der Waals surface area contributed by atoms with E-state index in [1.54, 1.807) is 0 Å². The first-order valence-electron chi connectivity index (χ1n) is 8.96. The van der Waals surface area contributed by atoms with Crippen LogP contribution in [-0.4, -0.2) is 13.1 Å². The van der Waals surface area contributed by atoms with E-state index in [1.165, 1.54) is 45.7 Å². The van der Waals surface area contributed by atoms with Crippen molar-refractivity contribution in [3.8, 4) is 11.1 Å². The second-order valence-electron chi connectivity index (χ2n) is 6.70. The van der Waals surface area contributed by atoms with E-state index < -0.39 is 0 Å². The molecule has 0 aliphatic heterocycles. The lowest BCUT2D eigenvalue weighted by atomic mass is 9.81. The number of aryl methyl sites for hydroxylation is 3. The Balaban J connectivity index is 1.80. The van der Waals surface area contributed by atoms with E-state index in [9.17, 15) is 4.79 Å². The smallest absolute Gasteiger partial charge is 0.305 e. The molecule has 0 spiro atoms. The highest BCUT2D eigenvalue weighted by Gasteiger charge is 2.19. The molecular formula is C23H22O2. The van der Waals surface area contributed by atoms with Crippen molar-refractivity contribution in [2.24, 2.45) is 0 Å². The van der Waals surface area contributed by atoms with Gasteiger partial charge in [-0.3, -0.25) is 4.79 Å². The van der Waals surface area contributed by atoms with E-state index in [2.05, 4.69) is 54.6 Å². The van der Waals surface area contributed by atoms with Crippen LogP contribution in [0.4, 0.5) is 0 Å². The normalized spacial score (nSPS) is 12.5. The molecule has 0 fully saturated rings. The first-order chi connectivity index (χ1) is 12.3. The maximum absolute atomic E-state index is 11.4. The van der Waals surface area contributed by atoms with Gasteiger partial charge in [0.15, 0.2) is 0 Å². The minimum absolute atomic E-state index is 0.129. The predicted molar refractivity (Wildman–Crippen MR) is 102 cm³/mol. The maximum Gasteiger partial charge on any atom is 0.305 e. The van der Waals surface area contributed by atoms with Crippen LogP contribution in [0.15, 0.2) is 54.6 Å². The number of rotatable bonds is 4. The summed E-state index contributed by atoms with van der Waals surface area (Å²) >= 11 is 0. The molecule has 3 aromatic carbocycles. The van der Waals surface area contributed by atoms with Gasteiger partial charge in [-0.2, -0.15) is 0 Å². The first-order valence-corrected chi connectivity index (χ1v) is 8.96. The van der Waals surface area contributed by atoms with Crippen molar-refractivity contribution in [2.75, 3.05) is 7.11 Å². The highest BCUT2D eigenvalue weighted by Crippen LogP contribution is 2.40. The van der Waals surface area contributed by atoms with Gasteiger partial charge in [-0.15, -0.1) is 0 Å². The zero-order valence-corrected chi connectivity index (χ0v) is 14.5. The summed E-state index contributed by atoms with van der Waals surface area (Å²) in [5, 5.41) is 2.64. The Labute approximate surface area is 148 Å². The maximum atomic E-state index is 11.4. The van der Waals surface area contributed by atoms with E-state index in [0.717, 1.165) is 25.7 Å². The molecule has 0 bridgehead atoms. The molecule has 0 amide bonds. The van der Waals surface area contributed by atoms with Crippen molar-refractivity contribution in [3.05, 3.63) is 71.3 Å². The van der Waals surface area contributed by atoms with Crippen LogP contribution in [0.5, 0.6) is 0 Å².